The van der Waals surface area contributed by atoms with Gasteiger partial charge < -0.3 is 29.2 Å². The number of methoxy groups -OCH3 is 1. The maximum atomic E-state index is 6.54. The lowest BCUT2D eigenvalue weighted by atomic mass is 9.87. The first-order valence-corrected chi connectivity index (χ1v) is 13.9. The minimum atomic E-state index is 0.147. The van der Waals surface area contributed by atoms with Crippen LogP contribution < -0.4 is 19.7 Å². The van der Waals surface area contributed by atoms with Gasteiger partial charge in [0.05, 0.1) is 31.0 Å². The number of rotatable bonds is 10. The van der Waals surface area contributed by atoms with Gasteiger partial charge in [-0.15, -0.1) is 0 Å². The molecule has 1 saturated carbocycles. The van der Waals surface area contributed by atoms with E-state index in [1.54, 1.807) is 7.11 Å². The first-order chi connectivity index (χ1) is 17.8. The molecule has 2 atom stereocenters. The molecule has 2 aliphatic heterocycles. The lowest BCUT2D eigenvalue weighted by Crippen LogP contribution is -2.41. The summed E-state index contributed by atoms with van der Waals surface area (Å²) in [5.74, 6) is 2.36. The molecule has 2 heterocycles. The largest absolute Gasteiger partial charge is 0.490 e. The zero-order valence-electron chi connectivity index (χ0n) is 21.8. The van der Waals surface area contributed by atoms with Crippen LogP contribution in [-0.2, 0) is 16.1 Å². The fraction of sp³-hybridized carbons (Fsp3) is 0.600. The molecule has 2 aromatic rings. The van der Waals surface area contributed by atoms with Crippen molar-refractivity contribution in [3.05, 3.63) is 53.6 Å². The van der Waals surface area contributed by atoms with Crippen molar-refractivity contribution in [1.29, 1.82) is 0 Å². The fourth-order valence-electron chi connectivity index (χ4n) is 5.80. The first kappa shape index (κ1) is 25.4. The van der Waals surface area contributed by atoms with E-state index >= 15 is 0 Å². The standard InChI is InChI=1S/C30H42N2O4/c1-33-18-5-16-32-17-19-34-29-13-8-23(20-28(29)32)22-35-30-21-31-15-14-27(30)24-9-11-26(12-10-24)36-25-6-3-2-4-7-25/h8-13,20,25,27,30-31H,2-7,14-19,21-22H2,1H3. The third kappa shape index (κ3) is 6.53. The molecule has 6 nitrogen and oxygen atoms in total. The Balaban J connectivity index is 1.20. The average Bonchev–Trinajstić information content (AvgIpc) is 2.93. The van der Waals surface area contributed by atoms with Crippen molar-refractivity contribution < 1.29 is 18.9 Å². The molecule has 0 amide bonds. The van der Waals surface area contributed by atoms with Crippen LogP contribution in [0, 0.1) is 0 Å². The van der Waals surface area contributed by atoms with Gasteiger partial charge in [0.25, 0.3) is 0 Å². The SMILES string of the molecule is COCCCN1CCOc2ccc(COC3CNCCC3c3ccc(OC4CCCCC4)cc3)cc21. The highest BCUT2D eigenvalue weighted by molar-refractivity contribution is 5.61. The zero-order valence-corrected chi connectivity index (χ0v) is 21.8. The van der Waals surface area contributed by atoms with Crippen molar-refractivity contribution in [1.82, 2.24) is 5.32 Å². The Morgan fingerprint density at radius 1 is 1.03 bits per heavy atom. The van der Waals surface area contributed by atoms with Crippen LogP contribution in [0.4, 0.5) is 5.69 Å². The predicted octanol–water partition coefficient (Wildman–Crippen LogP) is 5.30. The molecule has 196 valence electrons. The molecule has 0 bridgehead atoms. The number of anilines is 1. The van der Waals surface area contributed by atoms with Crippen LogP contribution in [0.25, 0.3) is 0 Å². The summed E-state index contributed by atoms with van der Waals surface area (Å²) in [6, 6.07) is 15.3. The number of ether oxygens (including phenoxy) is 4. The number of piperidine rings is 1. The van der Waals surface area contributed by atoms with Crippen molar-refractivity contribution in [3.63, 3.8) is 0 Å². The van der Waals surface area contributed by atoms with Gasteiger partial charge >= 0.3 is 0 Å². The minimum Gasteiger partial charge on any atom is -0.490 e. The van der Waals surface area contributed by atoms with Crippen LogP contribution in [0.15, 0.2) is 42.5 Å². The Hall–Kier alpha value is -2.28. The second-order valence-electron chi connectivity index (χ2n) is 10.4. The number of hydrogen-bond donors (Lipinski definition) is 1. The van der Waals surface area contributed by atoms with Gasteiger partial charge in [-0.25, -0.2) is 0 Å². The van der Waals surface area contributed by atoms with E-state index in [2.05, 4.69) is 52.7 Å². The van der Waals surface area contributed by atoms with E-state index in [4.69, 9.17) is 18.9 Å². The molecule has 0 radical (unpaired) electrons. The van der Waals surface area contributed by atoms with Crippen molar-refractivity contribution >= 4 is 5.69 Å². The summed E-state index contributed by atoms with van der Waals surface area (Å²) >= 11 is 0. The van der Waals surface area contributed by atoms with Gasteiger partial charge in [-0.2, -0.15) is 0 Å². The number of nitrogens with zero attached hydrogens (tertiary/aromatic N) is 1. The average molecular weight is 495 g/mol. The number of fused-ring (bicyclic) bond motifs is 1. The van der Waals surface area contributed by atoms with Gasteiger partial charge in [0, 0.05) is 32.7 Å². The zero-order chi connectivity index (χ0) is 24.6. The summed E-state index contributed by atoms with van der Waals surface area (Å²) in [7, 11) is 1.76. The molecular weight excluding hydrogens is 452 g/mol. The van der Waals surface area contributed by atoms with E-state index < -0.39 is 0 Å². The van der Waals surface area contributed by atoms with Crippen molar-refractivity contribution in [2.24, 2.45) is 0 Å². The highest BCUT2D eigenvalue weighted by Crippen LogP contribution is 2.34. The highest BCUT2D eigenvalue weighted by atomic mass is 16.5. The van der Waals surface area contributed by atoms with Crippen molar-refractivity contribution in [2.45, 2.75) is 69.7 Å². The number of hydrogen-bond acceptors (Lipinski definition) is 6. The van der Waals surface area contributed by atoms with Gasteiger partial charge in [0.1, 0.15) is 18.1 Å². The molecule has 2 aromatic carbocycles. The molecule has 1 N–H and O–H groups in total. The lowest BCUT2D eigenvalue weighted by molar-refractivity contribution is 0.0106. The summed E-state index contributed by atoms with van der Waals surface area (Å²) in [6.07, 6.45) is 8.93. The molecular formula is C30H42N2O4. The molecule has 1 aliphatic carbocycles. The van der Waals surface area contributed by atoms with Crippen LogP contribution in [0.3, 0.4) is 0 Å². The molecule has 2 unspecified atom stereocenters. The molecule has 36 heavy (non-hydrogen) atoms. The molecule has 2 fully saturated rings. The summed E-state index contributed by atoms with van der Waals surface area (Å²) in [4.78, 5) is 2.41. The van der Waals surface area contributed by atoms with E-state index in [9.17, 15) is 0 Å². The molecule has 5 rings (SSSR count). The molecule has 1 saturated heterocycles. The Labute approximate surface area is 216 Å². The van der Waals surface area contributed by atoms with Crippen LogP contribution in [0.1, 0.15) is 62.0 Å². The van der Waals surface area contributed by atoms with Crippen LogP contribution in [0.2, 0.25) is 0 Å². The summed E-state index contributed by atoms with van der Waals surface area (Å²) in [6.45, 7) is 5.90. The Bertz CT molecular complexity index is 944. The number of nitrogens with one attached hydrogen (secondary N) is 1. The molecule has 0 aromatic heterocycles. The topological polar surface area (TPSA) is 52.2 Å². The third-order valence-corrected chi connectivity index (χ3v) is 7.81. The molecule has 0 spiro atoms. The minimum absolute atomic E-state index is 0.147. The maximum absolute atomic E-state index is 6.54. The maximum Gasteiger partial charge on any atom is 0.142 e. The second-order valence-corrected chi connectivity index (χ2v) is 10.4. The summed E-state index contributed by atoms with van der Waals surface area (Å²) in [5.41, 5.74) is 3.71. The smallest absolute Gasteiger partial charge is 0.142 e. The quantitative estimate of drug-likeness (QED) is 0.453. The highest BCUT2D eigenvalue weighted by Gasteiger charge is 2.28. The molecule has 6 heteroatoms. The molecule has 3 aliphatic rings. The summed E-state index contributed by atoms with van der Waals surface area (Å²) in [5, 5.41) is 3.53. The van der Waals surface area contributed by atoms with Gasteiger partial charge in [-0.1, -0.05) is 24.6 Å². The second kappa shape index (κ2) is 12.8. The van der Waals surface area contributed by atoms with Crippen LogP contribution in [-0.4, -0.2) is 58.7 Å². The monoisotopic (exact) mass is 494 g/mol. The van der Waals surface area contributed by atoms with E-state index in [1.807, 2.05) is 0 Å². The van der Waals surface area contributed by atoms with E-state index in [0.29, 0.717) is 18.6 Å². The van der Waals surface area contributed by atoms with Crippen molar-refractivity contribution in [3.8, 4) is 11.5 Å². The Kier molecular flexibility index (Phi) is 9.02. The first-order valence-electron chi connectivity index (χ1n) is 13.9. The third-order valence-electron chi connectivity index (χ3n) is 7.81. The van der Waals surface area contributed by atoms with Crippen molar-refractivity contribution in [2.75, 3.05) is 51.4 Å². The van der Waals surface area contributed by atoms with Gasteiger partial charge in [-0.3, -0.25) is 0 Å². The Morgan fingerprint density at radius 2 is 1.89 bits per heavy atom. The fourth-order valence-corrected chi connectivity index (χ4v) is 5.80. The predicted molar refractivity (Wildman–Crippen MR) is 143 cm³/mol. The van der Waals surface area contributed by atoms with E-state index in [1.165, 1.54) is 48.9 Å². The van der Waals surface area contributed by atoms with Gasteiger partial charge in [0.2, 0.25) is 0 Å². The van der Waals surface area contributed by atoms with E-state index in [-0.39, 0.29) is 6.10 Å². The van der Waals surface area contributed by atoms with Crippen LogP contribution >= 0.6 is 0 Å². The summed E-state index contributed by atoms with van der Waals surface area (Å²) < 4.78 is 23.9. The normalized spacial score (nSPS) is 22.6. The van der Waals surface area contributed by atoms with Gasteiger partial charge in [0.15, 0.2) is 0 Å². The lowest BCUT2D eigenvalue weighted by Gasteiger charge is -2.33. The van der Waals surface area contributed by atoms with Gasteiger partial charge in [-0.05, 0) is 80.5 Å². The van der Waals surface area contributed by atoms with Crippen LogP contribution in [0.5, 0.6) is 11.5 Å². The number of benzene rings is 2. The van der Waals surface area contributed by atoms with E-state index in [0.717, 1.165) is 63.7 Å². The Morgan fingerprint density at radius 3 is 2.72 bits per heavy atom.